The van der Waals surface area contributed by atoms with E-state index < -0.39 is 17.5 Å². The van der Waals surface area contributed by atoms with Gasteiger partial charge in [0.05, 0.1) is 19.0 Å². The summed E-state index contributed by atoms with van der Waals surface area (Å²) in [5.41, 5.74) is 2.38. The van der Waals surface area contributed by atoms with Gasteiger partial charge >= 0.3 is 6.03 Å². The van der Waals surface area contributed by atoms with Crippen molar-refractivity contribution in [1.82, 2.24) is 15.0 Å². The van der Waals surface area contributed by atoms with Gasteiger partial charge in [-0.2, -0.15) is 5.10 Å². The highest BCUT2D eigenvalue weighted by molar-refractivity contribution is 7.71. The SMILES string of the molecule is COc1ccccc1-n1c(O)c(C=NNC(=O)Nc2ccccc2)c(=O)[nH]c1=S. The van der Waals surface area contributed by atoms with Gasteiger partial charge in [0.1, 0.15) is 11.3 Å². The smallest absolute Gasteiger partial charge is 0.339 e. The van der Waals surface area contributed by atoms with E-state index in [1.807, 2.05) is 6.07 Å². The molecule has 0 atom stereocenters. The van der Waals surface area contributed by atoms with E-state index in [0.717, 1.165) is 6.21 Å². The predicted octanol–water partition coefficient (Wildman–Crippen LogP) is 2.76. The minimum absolute atomic E-state index is 0.0241. The molecule has 3 aromatic rings. The number of urea groups is 1. The lowest BCUT2D eigenvalue weighted by molar-refractivity contribution is 0.252. The van der Waals surface area contributed by atoms with Crippen LogP contribution in [0.5, 0.6) is 11.6 Å². The summed E-state index contributed by atoms with van der Waals surface area (Å²) in [7, 11) is 1.48. The van der Waals surface area contributed by atoms with Crippen LogP contribution in [-0.2, 0) is 0 Å². The third-order valence-electron chi connectivity index (χ3n) is 3.84. The highest BCUT2D eigenvalue weighted by Crippen LogP contribution is 2.26. The summed E-state index contributed by atoms with van der Waals surface area (Å²) in [6.07, 6.45) is 1.03. The third-order valence-corrected chi connectivity index (χ3v) is 4.12. The number of hydrazone groups is 1. The fourth-order valence-corrected chi connectivity index (χ4v) is 2.81. The molecule has 0 aliphatic heterocycles. The first-order chi connectivity index (χ1) is 14.0. The van der Waals surface area contributed by atoms with Crippen LogP contribution in [0.4, 0.5) is 10.5 Å². The van der Waals surface area contributed by atoms with Crippen LogP contribution in [0.3, 0.4) is 0 Å². The van der Waals surface area contributed by atoms with Crippen LogP contribution in [0.25, 0.3) is 5.69 Å². The summed E-state index contributed by atoms with van der Waals surface area (Å²) in [6, 6.07) is 15.0. The molecule has 0 saturated heterocycles. The zero-order valence-corrected chi connectivity index (χ0v) is 16.1. The molecule has 10 heteroatoms. The molecule has 29 heavy (non-hydrogen) atoms. The van der Waals surface area contributed by atoms with Crippen LogP contribution in [0.2, 0.25) is 0 Å². The van der Waals surface area contributed by atoms with Gasteiger partial charge < -0.3 is 15.2 Å². The summed E-state index contributed by atoms with van der Waals surface area (Å²) in [4.78, 5) is 26.6. The fourth-order valence-electron chi connectivity index (χ4n) is 2.53. The number of carbonyl (C=O) groups is 1. The van der Waals surface area contributed by atoms with E-state index >= 15 is 0 Å². The summed E-state index contributed by atoms with van der Waals surface area (Å²) in [5.74, 6) is -0.00790. The number of ether oxygens (including phenoxy) is 1. The Morgan fingerprint density at radius 1 is 1.21 bits per heavy atom. The first-order valence-corrected chi connectivity index (χ1v) is 8.79. The van der Waals surface area contributed by atoms with Gasteiger partial charge in [0.25, 0.3) is 5.56 Å². The number of aromatic amines is 1. The summed E-state index contributed by atoms with van der Waals surface area (Å²) in [6.45, 7) is 0. The molecule has 3 rings (SSSR count). The van der Waals surface area contributed by atoms with E-state index in [9.17, 15) is 14.7 Å². The number of hydrogen-bond acceptors (Lipinski definition) is 6. The van der Waals surface area contributed by atoms with Crippen molar-refractivity contribution in [3.63, 3.8) is 0 Å². The molecule has 0 fully saturated rings. The van der Waals surface area contributed by atoms with Gasteiger partial charge in [-0.05, 0) is 36.5 Å². The van der Waals surface area contributed by atoms with Crippen molar-refractivity contribution in [3.05, 3.63) is 75.3 Å². The van der Waals surface area contributed by atoms with E-state index in [2.05, 4.69) is 20.8 Å². The number of nitrogens with zero attached hydrogens (tertiary/aromatic N) is 2. The molecule has 2 aromatic carbocycles. The maximum Gasteiger partial charge on any atom is 0.339 e. The molecule has 9 nitrogen and oxygen atoms in total. The molecule has 0 aliphatic carbocycles. The van der Waals surface area contributed by atoms with Crippen molar-refractivity contribution in [2.24, 2.45) is 5.10 Å². The van der Waals surface area contributed by atoms with Gasteiger partial charge in [-0.3, -0.25) is 14.3 Å². The average Bonchev–Trinajstić information content (AvgIpc) is 2.71. The minimum atomic E-state index is -0.660. The lowest BCUT2D eigenvalue weighted by Crippen LogP contribution is -2.25. The Kier molecular flexibility index (Phi) is 6.05. The summed E-state index contributed by atoms with van der Waals surface area (Å²) in [5, 5.41) is 16.9. The Balaban J connectivity index is 1.88. The number of H-pyrrole nitrogens is 1. The number of anilines is 1. The number of amides is 2. The summed E-state index contributed by atoms with van der Waals surface area (Å²) < 4.78 is 6.49. The van der Waals surface area contributed by atoms with Gasteiger partial charge in [-0.15, -0.1) is 0 Å². The van der Waals surface area contributed by atoms with Gasteiger partial charge in [0, 0.05) is 5.69 Å². The molecule has 4 N–H and O–H groups in total. The molecule has 0 aliphatic rings. The molecular weight excluding hydrogens is 394 g/mol. The van der Waals surface area contributed by atoms with E-state index in [1.165, 1.54) is 11.7 Å². The van der Waals surface area contributed by atoms with Crippen LogP contribution in [-0.4, -0.2) is 34.0 Å². The topological polar surface area (TPSA) is 121 Å². The lowest BCUT2D eigenvalue weighted by Gasteiger charge is -2.14. The van der Waals surface area contributed by atoms with Crippen LogP contribution in [0.1, 0.15) is 5.56 Å². The fraction of sp³-hybridized carbons (Fsp3) is 0.0526. The van der Waals surface area contributed by atoms with Crippen molar-refractivity contribution >= 4 is 30.2 Å². The van der Waals surface area contributed by atoms with Crippen LogP contribution in [0.15, 0.2) is 64.5 Å². The maximum absolute atomic E-state index is 12.2. The number of benzene rings is 2. The molecule has 1 heterocycles. The molecule has 2 amide bonds. The number of methoxy groups -OCH3 is 1. The quantitative estimate of drug-likeness (QED) is 0.292. The Morgan fingerprint density at radius 3 is 2.62 bits per heavy atom. The Hall–Kier alpha value is -3.92. The van der Waals surface area contributed by atoms with Crippen LogP contribution < -0.4 is 21.0 Å². The Labute approximate surface area is 170 Å². The maximum atomic E-state index is 12.2. The summed E-state index contributed by atoms with van der Waals surface area (Å²) >= 11 is 5.17. The molecular formula is C19H17N5O4S. The number of aromatic nitrogens is 2. The van der Waals surface area contributed by atoms with E-state index in [1.54, 1.807) is 48.5 Å². The van der Waals surface area contributed by atoms with Crippen molar-refractivity contribution in [2.45, 2.75) is 0 Å². The molecule has 0 unspecified atom stereocenters. The zero-order chi connectivity index (χ0) is 20.8. The van der Waals surface area contributed by atoms with Gasteiger partial charge in [0.2, 0.25) is 5.88 Å². The second-order valence-electron chi connectivity index (χ2n) is 5.69. The van der Waals surface area contributed by atoms with Crippen LogP contribution >= 0.6 is 12.2 Å². The van der Waals surface area contributed by atoms with E-state index in [4.69, 9.17) is 17.0 Å². The largest absolute Gasteiger partial charge is 0.495 e. The van der Waals surface area contributed by atoms with Crippen molar-refractivity contribution in [2.75, 3.05) is 12.4 Å². The Bertz CT molecular complexity index is 1170. The number of rotatable bonds is 5. The van der Waals surface area contributed by atoms with Gasteiger partial charge in [-0.25, -0.2) is 10.2 Å². The first kappa shape index (κ1) is 19.8. The van der Waals surface area contributed by atoms with Crippen LogP contribution in [0, 0.1) is 4.77 Å². The molecule has 0 saturated carbocycles. The van der Waals surface area contributed by atoms with E-state index in [0.29, 0.717) is 17.1 Å². The number of nitrogens with one attached hydrogen (secondary N) is 3. The molecule has 148 valence electrons. The lowest BCUT2D eigenvalue weighted by atomic mass is 10.2. The minimum Gasteiger partial charge on any atom is -0.495 e. The molecule has 0 spiro atoms. The highest BCUT2D eigenvalue weighted by atomic mass is 32.1. The number of carbonyl (C=O) groups excluding carboxylic acids is 1. The molecule has 0 bridgehead atoms. The monoisotopic (exact) mass is 411 g/mol. The van der Waals surface area contributed by atoms with E-state index in [-0.39, 0.29) is 10.3 Å². The first-order valence-electron chi connectivity index (χ1n) is 8.38. The zero-order valence-electron chi connectivity index (χ0n) is 15.2. The second kappa shape index (κ2) is 8.85. The third kappa shape index (κ3) is 4.50. The number of para-hydroxylation sites is 3. The molecule has 0 radical (unpaired) electrons. The second-order valence-corrected chi connectivity index (χ2v) is 6.08. The van der Waals surface area contributed by atoms with Gasteiger partial charge in [-0.1, -0.05) is 30.3 Å². The van der Waals surface area contributed by atoms with Crippen molar-refractivity contribution in [1.29, 1.82) is 0 Å². The number of hydrogen-bond donors (Lipinski definition) is 4. The number of aromatic hydroxyl groups is 1. The Morgan fingerprint density at radius 2 is 1.90 bits per heavy atom. The standard InChI is InChI=1S/C19H17N5O4S/c1-28-15-10-6-5-9-14(15)24-17(26)13(16(25)22-19(24)29)11-20-23-18(27)21-12-7-3-2-4-8-12/h2-11,26H,1H3,(H2,21,23,27)(H,22,25,29). The average molecular weight is 411 g/mol. The highest BCUT2D eigenvalue weighted by Gasteiger charge is 2.15. The molecule has 1 aromatic heterocycles. The normalized spacial score (nSPS) is 10.7. The predicted molar refractivity (Wildman–Crippen MR) is 112 cm³/mol. The van der Waals surface area contributed by atoms with Crippen molar-refractivity contribution < 1.29 is 14.6 Å². The van der Waals surface area contributed by atoms with Crippen molar-refractivity contribution in [3.8, 4) is 17.3 Å². The van der Waals surface area contributed by atoms with Gasteiger partial charge in [0.15, 0.2) is 4.77 Å².